The Hall–Kier alpha value is -15.5. The van der Waals surface area contributed by atoms with Crippen LogP contribution in [0.1, 0.15) is 208 Å². The van der Waals surface area contributed by atoms with Gasteiger partial charge in [0.05, 0.1) is 25.4 Å². The van der Waals surface area contributed by atoms with Crippen LogP contribution in [0.25, 0.3) is 0 Å². The smallest absolute Gasteiger partial charge is 0.326 e. The maximum absolute atomic E-state index is 14.9. The van der Waals surface area contributed by atoms with Gasteiger partial charge in [-0.1, -0.05) is 34.1 Å². The Balaban J connectivity index is 7.94. The van der Waals surface area contributed by atoms with Gasteiger partial charge in [-0.15, -0.1) is 0 Å². The zero-order valence-electron chi connectivity index (χ0n) is 83.8. The Labute approximate surface area is 853 Å². The number of hydrogen-bond acceptors (Lipinski definition) is 31. The highest BCUT2D eigenvalue weighted by atomic mass is 16.4. The standard InChI is InChI=1S/C85H156N38O25/c1-6-41(4)64(79(146)117-50(24-27-58(89)126)70(137)115-51(25-28-62(130)131)71(138)114-49(23-26-57(88)125)72(139)119-53(36-40(2)3)74(141)122-56(39-61(92)129)77(144)112-44(18-11-31-104-81(94)95)67(134)118-52(80(147)148)17-8-10-30-87)123-73(140)48(22-15-35-108-85(102)103)113-76(143)55(38-60(91)128)121-68(135)45(19-12-32-105-82(96)97)109-65(132)43(16-7-9-29-86)111-75(142)54(37-59(90)127)120-69(136)46(20-13-33-106-83(98)99)110-66(133)47(21-14-34-107-84(100)101)116-78(145)63(93)42(5)124/h40-56,63-64,124H,6-39,86-87,93H2,1-5H3,(H2,88,125)(H2,89,126)(H2,90,127)(H2,91,128)(H2,92,129)(H,109,132)(H,110,133)(H,111,142)(H,112,144)(H,113,143)(H,114,138)(H,115,137)(H,116,145)(H,117,146)(H,118,134)(H,119,139)(H,120,136)(H,121,135)(H,122,141)(H,123,140)(H,130,131)(H,147,148)(H4,94,95,104)(H4,96,97,105)(H4,98,99,106)(H4,100,101,107)(H4,102,103,108)/t41-,42+,43-,44-,45-,46-,47-,48-,49-,50-,51-,52-,53-,54-,55-,56-,63-,64-/m0/s1. The molecule has 0 aromatic rings. The second-order valence-corrected chi connectivity index (χ2v) is 35.4. The number of hydrogen-bond donors (Lipinski definition) is 41. The van der Waals surface area contributed by atoms with Crippen LogP contribution in [0, 0.1) is 38.9 Å². The van der Waals surface area contributed by atoms with Crippen LogP contribution in [0.5, 0.6) is 0 Å². The van der Waals surface area contributed by atoms with Gasteiger partial charge >= 0.3 is 11.9 Å². The summed E-state index contributed by atoms with van der Waals surface area (Å²) < 4.78 is 0. The van der Waals surface area contributed by atoms with Crippen LogP contribution in [-0.4, -0.2) is 324 Å². The Morgan fingerprint density at radius 3 is 0.716 bits per heavy atom. The fraction of sp³-hybridized carbons (Fsp3) is 0.682. The van der Waals surface area contributed by atoms with Crippen molar-refractivity contribution in [2.24, 2.45) is 86.4 Å². The normalized spacial score (nSPS) is 14.6. The van der Waals surface area contributed by atoms with Gasteiger partial charge in [0.2, 0.25) is 118 Å². The van der Waals surface area contributed by atoms with Gasteiger partial charge in [0.1, 0.15) is 96.7 Å². The lowest BCUT2D eigenvalue weighted by molar-refractivity contribution is -0.142. The van der Waals surface area contributed by atoms with Gasteiger partial charge in [-0.3, -0.25) is 128 Å². The molecule has 63 nitrogen and oxygen atoms in total. The fourth-order valence-corrected chi connectivity index (χ4v) is 14.1. The van der Waals surface area contributed by atoms with Crippen LogP contribution >= 0.6 is 0 Å². The molecule has 0 aromatic carbocycles. The van der Waals surface area contributed by atoms with E-state index >= 15 is 0 Å². The molecule has 0 aliphatic heterocycles. The first-order chi connectivity index (χ1) is 69.4. The van der Waals surface area contributed by atoms with Crippen molar-refractivity contribution in [1.29, 1.82) is 27.0 Å². The van der Waals surface area contributed by atoms with E-state index in [9.17, 15) is 121 Å². The van der Waals surface area contributed by atoms with Crippen molar-refractivity contribution in [1.82, 2.24) is 106 Å². The monoisotopic (exact) mass is 2110 g/mol. The number of unbranched alkanes of at least 4 members (excludes halogenated alkanes) is 2. The zero-order chi connectivity index (χ0) is 113. The molecular weight excluding hydrogens is 1950 g/mol. The van der Waals surface area contributed by atoms with Crippen LogP contribution in [0.2, 0.25) is 0 Å². The predicted molar refractivity (Wildman–Crippen MR) is 532 cm³/mol. The molecular formula is C85H156N38O25. The average Bonchev–Trinajstić information content (AvgIpc) is 0.842. The summed E-state index contributed by atoms with van der Waals surface area (Å²) in [6.07, 6.45) is -10.5. The van der Waals surface area contributed by atoms with Crippen molar-refractivity contribution >= 4 is 160 Å². The molecule has 148 heavy (non-hydrogen) atoms. The van der Waals surface area contributed by atoms with E-state index in [0.29, 0.717) is 6.42 Å². The molecule has 54 N–H and O–H groups in total. The first-order valence-corrected chi connectivity index (χ1v) is 48.0. The summed E-state index contributed by atoms with van der Waals surface area (Å²) >= 11 is 0. The number of rotatable bonds is 79. The number of nitrogens with one attached hydrogen (secondary N) is 25. The number of guanidine groups is 5. The first-order valence-electron chi connectivity index (χ1n) is 48.0. The molecule has 0 unspecified atom stereocenters. The SMILES string of the molecule is CC[C@H](C)[C@H](NC(=O)[C@H](CCCNC(=N)N)NC(=O)[C@H](CC(N)=O)NC(=O)[C@H](CCCNC(=N)N)NC(=O)[C@H](CCCCN)NC(=O)[C@H](CC(N)=O)NC(=O)[C@H](CCCNC(=N)N)NC(=O)[C@H](CCCNC(=N)N)NC(=O)[C@@H](N)[C@@H](C)O)C(=O)N[C@@H](CCC(N)=O)C(=O)N[C@@H](CCC(=O)O)C(=O)N[C@@H](CCC(N)=O)C(=O)N[C@@H](CC(C)C)C(=O)N[C@@H](CC(N)=O)C(=O)N[C@@H](CCCNC(=N)N)C(=O)N[C@@H](CCCCN)C(=O)O. The number of nitrogens with two attached hydrogens (primary N) is 13. The Bertz CT molecular complexity index is 4510. The van der Waals surface area contributed by atoms with Gasteiger partial charge in [-0.2, -0.15) is 0 Å². The summed E-state index contributed by atoms with van der Waals surface area (Å²) in [6.45, 7) is 7.16. The number of aliphatic carboxylic acids is 2. The van der Waals surface area contributed by atoms with E-state index in [2.05, 4.69) is 106 Å². The van der Waals surface area contributed by atoms with Crippen LogP contribution in [0.4, 0.5) is 0 Å². The summed E-state index contributed by atoms with van der Waals surface area (Å²) in [5.74, 6) is -30.7. The Morgan fingerprint density at radius 1 is 0.264 bits per heavy atom. The number of carbonyl (C=O) groups is 22. The van der Waals surface area contributed by atoms with Crippen LogP contribution in [-0.2, 0) is 105 Å². The van der Waals surface area contributed by atoms with Gasteiger partial charge < -0.3 is 196 Å². The third-order valence-electron chi connectivity index (χ3n) is 22.2. The van der Waals surface area contributed by atoms with Gasteiger partial charge in [0.15, 0.2) is 29.8 Å². The summed E-state index contributed by atoms with van der Waals surface area (Å²) in [7, 11) is 0. The molecule has 0 spiro atoms. The van der Waals surface area contributed by atoms with Crippen molar-refractivity contribution < 1.29 is 121 Å². The largest absolute Gasteiger partial charge is 0.481 e. The number of amides is 20. The lowest BCUT2D eigenvalue weighted by Gasteiger charge is -2.30. The van der Waals surface area contributed by atoms with Crippen molar-refractivity contribution in [2.45, 2.75) is 311 Å². The average molecular weight is 2110 g/mol. The lowest BCUT2D eigenvalue weighted by atomic mass is 9.96. The van der Waals surface area contributed by atoms with E-state index in [1.807, 2.05) is 0 Å². The van der Waals surface area contributed by atoms with Crippen molar-refractivity contribution in [3.63, 3.8) is 0 Å². The number of carboxylic acid groups (broad SMARTS) is 2. The zero-order valence-corrected chi connectivity index (χ0v) is 83.8. The molecule has 0 saturated heterocycles. The van der Waals surface area contributed by atoms with E-state index in [-0.39, 0.29) is 142 Å². The molecule has 0 fully saturated rings. The molecule has 0 aliphatic rings. The summed E-state index contributed by atoms with van der Waals surface area (Å²) in [5.41, 5.74) is 72.4. The maximum Gasteiger partial charge on any atom is 0.326 e. The molecule has 836 valence electrons. The van der Waals surface area contributed by atoms with Crippen LogP contribution in [0.3, 0.4) is 0 Å². The highest BCUT2D eigenvalue weighted by Crippen LogP contribution is 2.17. The second kappa shape index (κ2) is 71.9. The third kappa shape index (κ3) is 57.9. The van der Waals surface area contributed by atoms with Crippen molar-refractivity contribution in [2.75, 3.05) is 45.8 Å². The summed E-state index contributed by atoms with van der Waals surface area (Å²) in [5, 5.41) is 116. The molecule has 0 bridgehead atoms. The Morgan fingerprint density at radius 2 is 0.480 bits per heavy atom. The first kappa shape index (κ1) is 133. The molecule has 18 atom stereocenters. The minimum absolute atomic E-state index is 0.0118. The van der Waals surface area contributed by atoms with E-state index in [4.69, 9.17) is 102 Å². The molecule has 0 heterocycles. The van der Waals surface area contributed by atoms with E-state index in [1.165, 1.54) is 13.8 Å². The lowest BCUT2D eigenvalue weighted by Crippen LogP contribution is -2.62. The highest BCUT2D eigenvalue weighted by Gasteiger charge is 2.41. The summed E-state index contributed by atoms with van der Waals surface area (Å²) in [6, 6.07) is -28.5. The van der Waals surface area contributed by atoms with E-state index < -0.39 is 345 Å². The maximum atomic E-state index is 14.9. The number of primary amides is 5. The number of carboxylic acids is 2. The van der Waals surface area contributed by atoms with Gasteiger partial charge in [0.25, 0.3) is 0 Å². The minimum Gasteiger partial charge on any atom is -0.481 e. The molecule has 0 aliphatic carbocycles. The fourth-order valence-electron chi connectivity index (χ4n) is 14.1. The third-order valence-corrected chi connectivity index (χ3v) is 22.2. The summed E-state index contributed by atoms with van der Waals surface area (Å²) in [4.78, 5) is 304. The topological polar surface area (TPSA) is 1130 Å². The van der Waals surface area contributed by atoms with Crippen LogP contribution in [0.15, 0.2) is 0 Å². The van der Waals surface area contributed by atoms with E-state index in [0.717, 1.165) is 0 Å². The number of aliphatic hydroxyl groups excluding tert-OH is 1. The molecule has 0 rings (SSSR count). The van der Waals surface area contributed by atoms with Crippen LogP contribution < -0.4 is 181 Å². The molecule has 20 amide bonds. The minimum atomic E-state index is -2.08. The van der Waals surface area contributed by atoms with Gasteiger partial charge in [-0.25, -0.2) is 4.79 Å². The molecule has 0 aromatic heterocycles. The second-order valence-electron chi connectivity index (χ2n) is 35.4. The van der Waals surface area contributed by atoms with E-state index in [1.54, 1.807) is 20.8 Å². The molecule has 63 heteroatoms. The number of carbonyl (C=O) groups excluding carboxylic acids is 20. The van der Waals surface area contributed by atoms with Crippen molar-refractivity contribution in [3.8, 4) is 0 Å². The highest BCUT2D eigenvalue weighted by molar-refractivity contribution is 6.03. The van der Waals surface area contributed by atoms with Crippen molar-refractivity contribution in [3.05, 3.63) is 0 Å². The van der Waals surface area contributed by atoms with Gasteiger partial charge in [-0.05, 0) is 160 Å². The molecule has 0 radical (unpaired) electrons. The van der Waals surface area contributed by atoms with Gasteiger partial charge in [0, 0.05) is 52.0 Å². The Kier molecular flexibility index (Phi) is 64.4. The molecule has 0 saturated carbocycles. The number of aliphatic hydroxyl groups is 1. The predicted octanol–water partition coefficient (Wildman–Crippen LogP) is -15.3. The quantitative estimate of drug-likeness (QED) is 0.0153.